The molecule has 0 aromatic carbocycles. The van der Waals surface area contributed by atoms with Crippen LogP contribution in [0.15, 0.2) is 0 Å². The summed E-state index contributed by atoms with van der Waals surface area (Å²) in [6, 6.07) is 0.0119. The summed E-state index contributed by atoms with van der Waals surface area (Å²) in [7, 11) is 2.17. The molecule has 0 bridgehead atoms. The zero-order valence-electron chi connectivity index (χ0n) is 13.7. The van der Waals surface area contributed by atoms with Gasteiger partial charge in [0.2, 0.25) is 5.91 Å². The quantitative estimate of drug-likeness (QED) is 0.834. The van der Waals surface area contributed by atoms with Crippen LogP contribution in [-0.2, 0) is 4.79 Å². The third-order valence-electron chi connectivity index (χ3n) is 4.60. The number of nitrogens with zero attached hydrogens (tertiary/aromatic N) is 2. The van der Waals surface area contributed by atoms with Gasteiger partial charge in [-0.2, -0.15) is 0 Å². The number of amides is 1. The molecular weight excluding hydrogens is 250 g/mol. The summed E-state index contributed by atoms with van der Waals surface area (Å²) >= 11 is 0. The average molecular weight is 281 g/mol. The molecule has 2 heterocycles. The Balaban J connectivity index is 2.03. The van der Waals surface area contributed by atoms with E-state index in [4.69, 9.17) is 0 Å². The van der Waals surface area contributed by atoms with E-state index < -0.39 is 0 Å². The smallest absolute Gasteiger partial charge is 0.241 e. The standard InChI is InChI=1S/C16H31N3O/c1-11(2)8-14-17-15(12(3)4)16(20)19(14)10-13-6-7-18(5)9-13/h11-15,17H,6-10H2,1-5H3. The number of hydrogen-bond acceptors (Lipinski definition) is 3. The number of nitrogens with one attached hydrogen (secondary N) is 1. The lowest BCUT2D eigenvalue weighted by atomic mass is 10.0. The summed E-state index contributed by atoms with van der Waals surface area (Å²) < 4.78 is 0. The fraction of sp³-hybridized carbons (Fsp3) is 0.938. The summed E-state index contributed by atoms with van der Waals surface area (Å²) in [5.41, 5.74) is 0. The fourth-order valence-corrected chi connectivity index (χ4v) is 3.49. The first-order chi connectivity index (χ1) is 9.38. The van der Waals surface area contributed by atoms with Gasteiger partial charge in [-0.3, -0.25) is 10.1 Å². The number of likely N-dealkylation sites (tertiary alicyclic amines) is 1. The lowest BCUT2D eigenvalue weighted by Crippen LogP contribution is -2.41. The van der Waals surface area contributed by atoms with Gasteiger partial charge in [-0.1, -0.05) is 27.7 Å². The first-order valence-electron chi connectivity index (χ1n) is 8.13. The van der Waals surface area contributed by atoms with Crippen LogP contribution in [0.2, 0.25) is 0 Å². The highest BCUT2D eigenvalue weighted by atomic mass is 16.2. The van der Waals surface area contributed by atoms with E-state index in [0.29, 0.717) is 23.7 Å². The average Bonchev–Trinajstić information content (AvgIpc) is 2.87. The maximum Gasteiger partial charge on any atom is 0.241 e. The van der Waals surface area contributed by atoms with Gasteiger partial charge in [-0.05, 0) is 44.2 Å². The molecule has 1 amide bonds. The molecule has 0 aromatic heterocycles. The molecule has 2 saturated heterocycles. The van der Waals surface area contributed by atoms with E-state index in [1.165, 1.54) is 13.0 Å². The molecule has 4 heteroatoms. The lowest BCUT2D eigenvalue weighted by molar-refractivity contribution is -0.131. The molecule has 3 atom stereocenters. The van der Waals surface area contributed by atoms with Gasteiger partial charge >= 0.3 is 0 Å². The second-order valence-electron chi connectivity index (χ2n) is 7.44. The van der Waals surface area contributed by atoms with Crippen molar-refractivity contribution in [2.75, 3.05) is 26.7 Å². The Hall–Kier alpha value is -0.610. The molecular formula is C16H31N3O. The summed E-state index contributed by atoms with van der Waals surface area (Å²) in [6.07, 6.45) is 2.51. The van der Waals surface area contributed by atoms with Crippen molar-refractivity contribution in [3.63, 3.8) is 0 Å². The van der Waals surface area contributed by atoms with Crippen LogP contribution in [0.5, 0.6) is 0 Å². The van der Waals surface area contributed by atoms with E-state index in [1.807, 2.05) is 0 Å². The van der Waals surface area contributed by atoms with Crippen LogP contribution in [0, 0.1) is 17.8 Å². The Morgan fingerprint density at radius 1 is 1.30 bits per heavy atom. The van der Waals surface area contributed by atoms with Gasteiger partial charge in [-0.15, -0.1) is 0 Å². The molecule has 0 spiro atoms. The Kier molecular flexibility index (Phi) is 5.08. The van der Waals surface area contributed by atoms with E-state index in [9.17, 15) is 4.79 Å². The molecule has 20 heavy (non-hydrogen) atoms. The van der Waals surface area contributed by atoms with Crippen molar-refractivity contribution >= 4 is 5.91 Å². The molecule has 0 saturated carbocycles. The maximum absolute atomic E-state index is 12.7. The Labute approximate surface area is 123 Å². The number of carbonyl (C=O) groups excluding carboxylic acids is 1. The fourth-order valence-electron chi connectivity index (χ4n) is 3.49. The minimum absolute atomic E-state index is 0.0119. The maximum atomic E-state index is 12.7. The highest BCUT2D eigenvalue weighted by Crippen LogP contribution is 2.25. The monoisotopic (exact) mass is 281 g/mol. The van der Waals surface area contributed by atoms with Gasteiger partial charge in [-0.25, -0.2) is 0 Å². The normalized spacial score (nSPS) is 32.0. The summed E-state index contributed by atoms with van der Waals surface area (Å²) in [5.74, 6) is 1.94. The van der Waals surface area contributed by atoms with Crippen molar-refractivity contribution in [2.45, 2.75) is 52.7 Å². The number of rotatable bonds is 5. The predicted octanol–water partition coefficient (Wildman–Crippen LogP) is 1.77. The van der Waals surface area contributed by atoms with Crippen LogP contribution in [0.1, 0.15) is 40.5 Å². The molecule has 0 aliphatic carbocycles. The minimum atomic E-state index is 0.0119. The Morgan fingerprint density at radius 2 is 2.00 bits per heavy atom. The second kappa shape index (κ2) is 6.44. The summed E-state index contributed by atoms with van der Waals surface area (Å²) in [5, 5.41) is 3.57. The number of hydrogen-bond donors (Lipinski definition) is 1. The van der Waals surface area contributed by atoms with Crippen molar-refractivity contribution < 1.29 is 4.79 Å². The largest absolute Gasteiger partial charge is 0.325 e. The highest BCUT2D eigenvalue weighted by molar-refractivity contribution is 5.84. The summed E-state index contributed by atoms with van der Waals surface area (Å²) in [4.78, 5) is 17.2. The van der Waals surface area contributed by atoms with Gasteiger partial charge in [0.15, 0.2) is 0 Å². The zero-order valence-corrected chi connectivity index (χ0v) is 13.7. The molecule has 1 N–H and O–H groups in total. The van der Waals surface area contributed by atoms with E-state index in [0.717, 1.165) is 19.5 Å². The van der Waals surface area contributed by atoms with Crippen LogP contribution in [0.4, 0.5) is 0 Å². The van der Waals surface area contributed by atoms with Crippen LogP contribution in [0.3, 0.4) is 0 Å². The first-order valence-corrected chi connectivity index (χ1v) is 8.13. The third kappa shape index (κ3) is 3.53. The van der Waals surface area contributed by atoms with Gasteiger partial charge in [0.1, 0.15) is 0 Å². The van der Waals surface area contributed by atoms with Gasteiger partial charge < -0.3 is 9.80 Å². The van der Waals surface area contributed by atoms with Crippen molar-refractivity contribution in [3.05, 3.63) is 0 Å². The van der Waals surface area contributed by atoms with E-state index >= 15 is 0 Å². The van der Waals surface area contributed by atoms with Gasteiger partial charge in [0.25, 0.3) is 0 Å². The van der Waals surface area contributed by atoms with E-state index in [-0.39, 0.29) is 12.2 Å². The van der Waals surface area contributed by atoms with E-state index in [2.05, 4.69) is 49.9 Å². The van der Waals surface area contributed by atoms with Crippen molar-refractivity contribution in [3.8, 4) is 0 Å². The third-order valence-corrected chi connectivity index (χ3v) is 4.60. The zero-order chi connectivity index (χ0) is 14.9. The van der Waals surface area contributed by atoms with Crippen LogP contribution in [-0.4, -0.2) is 54.6 Å². The molecule has 116 valence electrons. The molecule has 2 rings (SSSR count). The topological polar surface area (TPSA) is 35.6 Å². The Morgan fingerprint density at radius 3 is 2.50 bits per heavy atom. The molecule has 0 radical (unpaired) electrons. The molecule has 0 aromatic rings. The van der Waals surface area contributed by atoms with Crippen LogP contribution < -0.4 is 5.32 Å². The molecule has 2 aliphatic heterocycles. The Bertz CT molecular complexity index is 343. The van der Waals surface area contributed by atoms with Crippen molar-refractivity contribution in [1.82, 2.24) is 15.1 Å². The van der Waals surface area contributed by atoms with E-state index in [1.54, 1.807) is 0 Å². The summed E-state index contributed by atoms with van der Waals surface area (Å²) in [6.45, 7) is 12.0. The molecule has 2 fully saturated rings. The van der Waals surface area contributed by atoms with Crippen LogP contribution >= 0.6 is 0 Å². The van der Waals surface area contributed by atoms with Gasteiger partial charge in [0.05, 0.1) is 12.2 Å². The highest BCUT2D eigenvalue weighted by Gasteiger charge is 2.41. The lowest BCUT2D eigenvalue weighted by Gasteiger charge is -2.28. The predicted molar refractivity (Wildman–Crippen MR) is 82.3 cm³/mol. The first kappa shape index (κ1) is 15.8. The molecule has 3 unspecified atom stereocenters. The molecule has 4 nitrogen and oxygen atoms in total. The minimum Gasteiger partial charge on any atom is -0.325 e. The number of carbonyl (C=O) groups is 1. The van der Waals surface area contributed by atoms with Crippen molar-refractivity contribution in [2.24, 2.45) is 17.8 Å². The van der Waals surface area contributed by atoms with Crippen molar-refractivity contribution in [1.29, 1.82) is 0 Å². The SMILES string of the molecule is CC(C)CC1NC(C(C)C)C(=O)N1CC1CCN(C)C1. The van der Waals surface area contributed by atoms with Gasteiger partial charge in [0, 0.05) is 13.1 Å². The van der Waals surface area contributed by atoms with Crippen LogP contribution in [0.25, 0.3) is 0 Å². The molecule has 2 aliphatic rings. The second-order valence-corrected chi connectivity index (χ2v) is 7.44.